The predicted molar refractivity (Wildman–Crippen MR) is 126 cm³/mol. The zero-order chi connectivity index (χ0) is 20.7. The first-order chi connectivity index (χ1) is 14.6. The first-order valence-corrected chi connectivity index (χ1v) is 11.3. The van der Waals surface area contributed by atoms with E-state index in [4.69, 9.17) is 4.98 Å². The summed E-state index contributed by atoms with van der Waals surface area (Å²) in [6.45, 7) is 7.08. The Morgan fingerprint density at radius 3 is 2.80 bits per heavy atom. The zero-order valence-corrected chi connectivity index (χ0v) is 18.1. The molecule has 4 heterocycles. The number of hydrogen-bond donors (Lipinski definition) is 3. The Bertz CT molecular complexity index is 1250. The smallest absolute Gasteiger partial charge is 0.262 e. The van der Waals surface area contributed by atoms with Gasteiger partial charge in [-0.15, -0.1) is 11.3 Å². The van der Waals surface area contributed by atoms with Crippen LogP contribution in [0, 0.1) is 0 Å². The third kappa shape index (κ3) is 3.36. The van der Waals surface area contributed by atoms with E-state index in [9.17, 15) is 4.79 Å². The second-order valence-corrected chi connectivity index (χ2v) is 8.79. The number of piperazine rings is 1. The van der Waals surface area contributed by atoms with Gasteiger partial charge in [0.1, 0.15) is 16.2 Å². The van der Waals surface area contributed by atoms with Gasteiger partial charge in [-0.25, -0.2) is 4.98 Å². The van der Waals surface area contributed by atoms with Gasteiger partial charge in [-0.05, 0) is 43.1 Å². The first kappa shape index (κ1) is 19.1. The number of nitrogens with zero attached hydrogens (tertiary/aromatic N) is 3. The standard InChI is InChI=1S/C22H26N6OS/c1-3-7-23-19-15-6-12-30-22(15)26-21(29)18(19)20-24-16-5-4-14(13-17(16)25-20)28-10-8-27(2)9-11-28/h4-6,12-13H,3,7-11H2,1-2H3,(H,24,25)(H2,23,26,29). The van der Waals surface area contributed by atoms with Crippen LogP contribution in [0.2, 0.25) is 0 Å². The number of rotatable bonds is 5. The second-order valence-electron chi connectivity index (χ2n) is 7.87. The molecule has 0 atom stereocenters. The fourth-order valence-corrected chi connectivity index (χ4v) is 4.84. The maximum atomic E-state index is 13.0. The van der Waals surface area contributed by atoms with Crippen molar-refractivity contribution in [3.8, 4) is 11.4 Å². The van der Waals surface area contributed by atoms with Crippen LogP contribution < -0.4 is 15.8 Å². The Kier molecular flexibility index (Phi) is 4.96. The number of imidazole rings is 1. The Labute approximate surface area is 178 Å². The minimum atomic E-state index is -0.123. The first-order valence-electron chi connectivity index (χ1n) is 10.4. The van der Waals surface area contributed by atoms with Crippen molar-refractivity contribution >= 4 is 44.0 Å². The van der Waals surface area contributed by atoms with Crippen molar-refractivity contribution in [2.24, 2.45) is 0 Å². The predicted octanol–water partition coefficient (Wildman–Crippen LogP) is 3.71. The molecule has 7 nitrogen and oxygen atoms in total. The highest BCUT2D eigenvalue weighted by atomic mass is 32.1. The van der Waals surface area contributed by atoms with Crippen molar-refractivity contribution < 1.29 is 0 Å². The van der Waals surface area contributed by atoms with E-state index in [-0.39, 0.29) is 5.56 Å². The molecule has 0 saturated carbocycles. The highest BCUT2D eigenvalue weighted by molar-refractivity contribution is 7.16. The lowest BCUT2D eigenvalue weighted by Gasteiger charge is -2.34. The van der Waals surface area contributed by atoms with Gasteiger partial charge in [-0.1, -0.05) is 6.92 Å². The van der Waals surface area contributed by atoms with E-state index in [2.05, 4.69) is 51.2 Å². The van der Waals surface area contributed by atoms with Gasteiger partial charge < -0.3 is 25.1 Å². The summed E-state index contributed by atoms with van der Waals surface area (Å²) in [5, 5.41) is 6.49. The molecule has 3 aromatic heterocycles. The number of H-pyrrole nitrogens is 2. The van der Waals surface area contributed by atoms with Gasteiger partial charge in [0, 0.05) is 43.8 Å². The second kappa shape index (κ2) is 7.77. The van der Waals surface area contributed by atoms with E-state index >= 15 is 0 Å². The summed E-state index contributed by atoms with van der Waals surface area (Å²) in [5.74, 6) is 0.605. The third-order valence-electron chi connectivity index (χ3n) is 5.76. The van der Waals surface area contributed by atoms with Crippen LogP contribution in [0.1, 0.15) is 13.3 Å². The molecule has 4 aromatic rings. The summed E-state index contributed by atoms with van der Waals surface area (Å²) >= 11 is 1.54. The zero-order valence-electron chi connectivity index (χ0n) is 17.3. The summed E-state index contributed by atoms with van der Waals surface area (Å²) in [6, 6.07) is 8.36. The Hall–Kier alpha value is -2.84. The molecule has 156 valence electrons. The molecule has 1 aromatic carbocycles. The molecule has 0 radical (unpaired) electrons. The summed E-state index contributed by atoms with van der Waals surface area (Å²) in [7, 11) is 2.16. The highest BCUT2D eigenvalue weighted by Gasteiger charge is 2.19. The summed E-state index contributed by atoms with van der Waals surface area (Å²) in [5.41, 5.74) is 4.32. The highest BCUT2D eigenvalue weighted by Crippen LogP contribution is 2.33. The van der Waals surface area contributed by atoms with Crippen molar-refractivity contribution in [3.05, 3.63) is 40.0 Å². The van der Waals surface area contributed by atoms with Gasteiger partial charge in [-0.3, -0.25) is 4.79 Å². The van der Waals surface area contributed by atoms with Gasteiger partial charge in [0.25, 0.3) is 5.56 Å². The molecule has 0 bridgehead atoms. The maximum absolute atomic E-state index is 13.0. The number of likely N-dealkylation sites (N-methyl/N-ethyl adjacent to an activating group) is 1. The number of nitrogens with one attached hydrogen (secondary N) is 3. The number of benzene rings is 1. The Balaban J connectivity index is 1.58. The van der Waals surface area contributed by atoms with Gasteiger partial charge >= 0.3 is 0 Å². The van der Waals surface area contributed by atoms with Crippen LogP contribution in [0.25, 0.3) is 32.6 Å². The number of aromatic amines is 2. The number of aromatic nitrogens is 3. The van der Waals surface area contributed by atoms with Crippen molar-refractivity contribution in [2.75, 3.05) is 50.0 Å². The number of hydrogen-bond acceptors (Lipinski definition) is 6. The lowest BCUT2D eigenvalue weighted by molar-refractivity contribution is 0.313. The average molecular weight is 423 g/mol. The number of pyridine rings is 1. The minimum absolute atomic E-state index is 0.123. The van der Waals surface area contributed by atoms with Crippen LogP contribution in [0.3, 0.4) is 0 Å². The Morgan fingerprint density at radius 2 is 2.00 bits per heavy atom. The quantitative estimate of drug-likeness (QED) is 0.457. The van der Waals surface area contributed by atoms with E-state index in [1.807, 2.05) is 17.5 Å². The van der Waals surface area contributed by atoms with Crippen molar-refractivity contribution in [1.29, 1.82) is 0 Å². The largest absolute Gasteiger partial charge is 0.384 e. The molecule has 1 aliphatic rings. The van der Waals surface area contributed by atoms with E-state index < -0.39 is 0 Å². The van der Waals surface area contributed by atoms with E-state index in [0.29, 0.717) is 11.4 Å². The van der Waals surface area contributed by atoms with Crippen molar-refractivity contribution in [2.45, 2.75) is 13.3 Å². The fraction of sp³-hybridized carbons (Fsp3) is 0.364. The molecule has 0 amide bonds. The van der Waals surface area contributed by atoms with Crippen molar-refractivity contribution in [1.82, 2.24) is 19.9 Å². The minimum Gasteiger partial charge on any atom is -0.384 e. The summed E-state index contributed by atoms with van der Waals surface area (Å²) < 4.78 is 0. The summed E-state index contributed by atoms with van der Waals surface area (Å²) in [4.78, 5) is 29.8. The molecule has 0 unspecified atom stereocenters. The Morgan fingerprint density at radius 1 is 1.17 bits per heavy atom. The van der Waals surface area contributed by atoms with Crippen LogP contribution in [0.4, 0.5) is 11.4 Å². The van der Waals surface area contributed by atoms with Gasteiger partial charge in [-0.2, -0.15) is 0 Å². The maximum Gasteiger partial charge on any atom is 0.262 e. The molecule has 5 rings (SSSR count). The summed E-state index contributed by atoms with van der Waals surface area (Å²) in [6.07, 6.45) is 0.979. The monoisotopic (exact) mass is 422 g/mol. The molecule has 0 spiro atoms. The molecule has 1 fully saturated rings. The van der Waals surface area contributed by atoms with Gasteiger partial charge in [0.2, 0.25) is 0 Å². The molecule has 30 heavy (non-hydrogen) atoms. The van der Waals surface area contributed by atoms with Crippen LogP contribution >= 0.6 is 11.3 Å². The fourth-order valence-electron chi connectivity index (χ4n) is 4.05. The van der Waals surface area contributed by atoms with Crippen LogP contribution in [0.15, 0.2) is 34.4 Å². The molecule has 1 saturated heterocycles. The molecular weight excluding hydrogens is 396 g/mol. The van der Waals surface area contributed by atoms with Gasteiger partial charge in [0.15, 0.2) is 0 Å². The van der Waals surface area contributed by atoms with Crippen LogP contribution in [-0.2, 0) is 0 Å². The lowest BCUT2D eigenvalue weighted by Crippen LogP contribution is -2.44. The number of anilines is 2. The van der Waals surface area contributed by atoms with Crippen molar-refractivity contribution in [3.63, 3.8) is 0 Å². The third-order valence-corrected chi connectivity index (χ3v) is 6.59. The molecule has 1 aliphatic heterocycles. The topological polar surface area (TPSA) is 80.1 Å². The number of thiophene rings is 1. The number of fused-ring (bicyclic) bond motifs is 2. The SMILES string of the molecule is CCCNc1c(-c2nc3ccc(N4CCN(C)CC4)cc3[nH]2)c(=O)[nH]c2sccc12. The van der Waals surface area contributed by atoms with E-state index in [1.165, 1.54) is 5.69 Å². The van der Waals surface area contributed by atoms with E-state index in [1.54, 1.807) is 11.3 Å². The molecule has 8 heteroatoms. The molecular formula is C22H26N6OS. The molecule has 3 N–H and O–H groups in total. The van der Waals surface area contributed by atoms with Crippen LogP contribution in [0.5, 0.6) is 0 Å². The average Bonchev–Trinajstić information content (AvgIpc) is 3.38. The normalized spacial score (nSPS) is 15.3. The van der Waals surface area contributed by atoms with Gasteiger partial charge in [0.05, 0.1) is 16.7 Å². The molecule has 0 aliphatic carbocycles. The lowest BCUT2D eigenvalue weighted by atomic mass is 10.1. The van der Waals surface area contributed by atoms with E-state index in [0.717, 1.165) is 66.1 Å². The van der Waals surface area contributed by atoms with Crippen LogP contribution in [-0.4, -0.2) is 59.6 Å².